The Morgan fingerprint density at radius 2 is 2.07 bits per heavy atom. The molecule has 1 fully saturated rings. The summed E-state index contributed by atoms with van der Waals surface area (Å²) in [7, 11) is 1.84. The third-order valence-corrected chi connectivity index (χ3v) is 4.48. The monoisotopic (exact) mass is 381 g/mol. The normalized spacial score (nSPS) is 17.7. The van der Waals surface area contributed by atoms with Gasteiger partial charge < -0.3 is 15.5 Å². The molecular formula is C18H22F3N5O. The van der Waals surface area contributed by atoms with E-state index >= 15 is 0 Å². The van der Waals surface area contributed by atoms with Crippen LogP contribution in [0.1, 0.15) is 24.0 Å². The van der Waals surface area contributed by atoms with Crippen LogP contribution in [0, 0.1) is 6.92 Å². The molecule has 1 aromatic carbocycles. The standard InChI is InChI=1S/C18H22F3N5O/c1-12-6-13(18(19,20)21)8-15(7-12)24-17(27)23-14-4-3-5-26(10-14)16-9-22-25(2)11-16/h6-9,11,14H,3-5,10H2,1-2H3,(H2,23,24,27)/t14-/m1/s1. The molecule has 3 rings (SSSR count). The van der Waals surface area contributed by atoms with Crippen LogP contribution in [0.15, 0.2) is 30.6 Å². The van der Waals surface area contributed by atoms with E-state index in [1.54, 1.807) is 17.8 Å². The number of hydrogen-bond donors (Lipinski definition) is 2. The van der Waals surface area contributed by atoms with Crippen molar-refractivity contribution in [1.29, 1.82) is 0 Å². The van der Waals surface area contributed by atoms with Crippen molar-refractivity contribution in [3.63, 3.8) is 0 Å². The first-order valence-corrected chi connectivity index (χ1v) is 8.71. The summed E-state index contributed by atoms with van der Waals surface area (Å²) >= 11 is 0. The van der Waals surface area contributed by atoms with Crippen LogP contribution in [0.5, 0.6) is 0 Å². The number of piperidine rings is 1. The van der Waals surface area contributed by atoms with E-state index in [0.717, 1.165) is 37.2 Å². The van der Waals surface area contributed by atoms with Gasteiger partial charge in [-0.05, 0) is 43.5 Å². The van der Waals surface area contributed by atoms with Crippen LogP contribution in [0.3, 0.4) is 0 Å². The average Bonchev–Trinajstić information content (AvgIpc) is 3.00. The molecule has 146 valence electrons. The van der Waals surface area contributed by atoms with E-state index in [-0.39, 0.29) is 11.7 Å². The van der Waals surface area contributed by atoms with Gasteiger partial charge in [-0.1, -0.05) is 0 Å². The lowest BCUT2D eigenvalue weighted by molar-refractivity contribution is -0.137. The molecule has 0 unspecified atom stereocenters. The van der Waals surface area contributed by atoms with E-state index in [1.165, 1.54) is 6.07 Å². The molecular weight excluding hydrogens is 359 g/mol. The maximum atomic E-state index is 12.9. The Morgan fingerprint density at radius 3 is 2.74 bits per heavy atom. The van der Waals surface area contributed by atoms with E-state index in [4.69, 9.17) is 0 Å². The smallest absolute Gasteiger partial charge is 0.367 e. The second kappa shape index (κ2) is 7.50. The predicted octanol–water partition coefficient (Wildman–Crippen LogP) is 3.54. The fourth-order valence-corrected chi connectivity index (χ4v) is 3.27. The highest BCUT2D eigenvalue weighted by molar-refractivity contribution is 5.89. The molecule has 1 aliphatic heterocycles. The minimum atomic E-state index is -4.45. The van der Waals surface area contributed by atoms with Crippen LogP contribution in [-0.2, 0) is 13.2 Å². The molecule has 1 aromatic heterocycles. The number of amides is 2. The minimum Gasteiger partial charge on any atom is -0.367 e. The Balaban J connectivity index is 1.61. The second-order valence-electron chi connectivity index (χ2n) is 6.84. The highest BCUT2D eigenvalue weighted by Gasteiger charge is 2.31. The summed E-state index contributed by atoms with van der Waals surface area (Å²) in [6, 6.07) is 2.90. The third-order valence-electron chi connectivity index (χ3n) is 4.48. The molecule has 2 aromatic rings. The van der Waals surface area contributed by atoms with Gasteiger partial charge in [-0.25, -0.2) is 4.79 Å². The van der Waals surface area contributed by atoms with Gasteiger partial charge in [0.1, 0.15) is 0 Å². The number of rotatable bonds is 3. The number of anilines is 2. The highest BCUT2D eigenvalue weighted by atomic mass is 19.4. The molecule has 9 heteroatoms. The Labute approximate surface area is 155 Å². The van der Waals surface area contributed by atoms with E-state index in [1.807, 2.05) is 13.2 Å². The first-order valence-electron chi connectivity index (χ1n) is 8.71. The minimum absolute atomic E-state index is 0.0918. The summed E-state index contributed by atoms with van der Waals surface area (Å²) in [4.78, 5) is 14.4. The van der Waals surface area contributed by atoms with Crippen LogP contribution in [0.4, 0.5) is 29.3 Å². The molecule has 1 saturated heterocycles. The number of carbonyl (C=O) groups excluding carboxylic acids is 1. The van der Waals surface area contributed by atoms with Crippen LogP contribution >= 0.6 is 0 Å². The Kier molecular flexibility index (Phi) is 5.29. The third kappa shape index (κ3) is 4.93. The zero-order valence-corrected chi connectivity index (χ0v) is 15.2. The van der Waals surface area contributed by atoms with E-state index in [2.05, 4.69) is 20.6 Å². The van der Waals surface area contributed by atoms with Gasteiger partial charge in [0.2, 0.25) is 0 Å². The molecule has 0 saturated carbocycles. The lowest BCUT2D eigenvalue weighted by Crippen LogP contribution is -2.49. The first-order chi connectivity index (χ1) is 12.7. The molecule has 1 atom stereocenters. The van der Waals surface area contributed by atoms with Crippen molar-refractivity contribution < 1.29 is 18.0 Å². The fraction of sp³-hybridized carbons (Fsp3) is 0.444. The fourth-order valence-electron chi connectivity index (χ4n) is 3.27. The molecule has 2 N–H and O–H groups in total. The zero-order chi connectivity index (χ0) is 19.6. The number of hydrogen-bond acceptors (Lipinski definition) is 3. The molecule has 2 amide bonds. The summed E-state index contributed by atoms with van der Waals surface area (Å²) in [5, 5.41) is 9.52. The molecule has 0 radical (unpaired) electrons. The molecule has 27 heavy (non-hydrogen) atoms. The van der Waals surface area contributed by atoms with Gasteiger partial charge >= 0.3 is 12.2 Å². The van der Waals surface area contributed by atoms with Crippen LogP contribution < -0.4 is 15.5 Å². The number of urea groups is 1. The summed E-state index contributed by atoms with van der Waals surface area (Å²) in [5.41, 5.74) is 0.761. The maximum absolute atomic E-state index is 12.9. The summed E-state index contributed by atoms with van der Waals surface area (Å²) < 4.78 is 40.5. The largest absolute Gasteiger partial charge is 0.416 e. The molecule has 0 bridgehead atoms. The Morgan fingerprint density at radius 1 is 1.30 bits per heavy atom. The number of halogens is 3. The topological polar surface area (TPSA) is 62.2 Å². The second-order valence-corrected chi connectivity index (χ2v) is 6.84. The van der Waals surface area contributed by atoms with Gasteiger partial charge in [-0.15, -0.1) is 0 Å². The van der Waals surface area contributed by atoms with Crippen molar-refractivity contribution in [2.75, 3.05) is 23.3 Å². The predicted molar refractivity (Wildman–Crippen MR) is 96.8 cm³/mol. The van der Waals surface area contributed by atoms with Crippen LogP contribution in [0.2, 0.25) is 0 Å². The van der Waals surface area contributed by atoms with Gasteiger partial charge in [0.05, 0.1) is 17.4 Å². The van der Waals surface area contributed by atoms with Gasteiger partial charge in [0.25, 0.3) is 0 Å². The van der Waals surface area contributed by atoms with E-state index in [0.29, 0.717) is 12.1 Å². The first kappa shape index (κ1) is 19.1. The number of alkyl halides is 3. The average molecular weight is 381 g/mol. The van der Waals surface area contributed by atoms with E-state index < -0.39 is 17.8 Å². The number of aromatic nitrogens is 2. The van der Waals surface area contributed by atoms with Gasteiger partial charge in [-0.3, -0.25) is 4.68 Å². The zero-order valence-electron chi connectivity index (χ0n) is 15.2. The highest BCUT2D eigenvalue weighted by Crippen LogP contribution is 2.31. The Hall–Kier alpha value is -2.71. The van der Waals surface area contributed by atoms with Crippen molar-refractivity contribution in [3.8, 4) is 0 Å². The van der Waals surface area contributed by atoms with Crippen molar-refractivity contribution >= 4 is 17.4 Å². The summed E-state index contributed by atoms with van der Waals surface area (Å²) in [5.74, 6) is 0. The lowest BCUT2D eigenvalue weighted by atomic mass is 10.1. The molecule has 2 heterocycles. The van der Waals surface area contributed by atoms with Gasteiger partial charge in [-0.2, -0.15) is 18.3 Å². The molecule has 6 nitrogen and oxygen atoms in total. The van der Waals surface area contributed by atoms with E-state index in [9.17, 15) is 18.0 Å². The van der Waals surface area contributed by atoms with Crippen molar-refractivity contribution in [2.24, 2.45) is 7.05 Å². The van der Waals surface area contributed by atoms with Gasteiger partial charge in [0.15, 0.2) is 0 Å². The van der Waals surface area contributed by atoms with Crippen molar-refractivity contribution in [2.45, 2.75) is 32.0 Å². The summed E-state index contributed by atoms with van der Waals surface area (Å²) in [6.07, 6.45) is 0.947. The SMILES string of the molecule is Cc1cc(NC(=O)N[C@@H]2CCCN(c3cnn(C)c3)C2)cc(C(F)(F)F)c1. The maximum Gasteiger partial charge on any atom is 0.416 e. The number of nitrogens with zero attached hydrogens (tertiary/aromatic N) is 3. The molecule has 1 aliphatic rings. The molecule has 0 aliphatic carbocycles. The lowest BCUT2D eigenvalue weighted by Gasteiger charge is -2.33. The Bertz CT molecular complexity index is 818. The quantitative estimate of drug-likeness (QED) is 0.855. The van der Waals surface area contributed by atoms with Crippen molar-refractivity contribution in [3.05, 3.63) is 41.7 Å². The number of aryl methyl sites for hydroxylation is 2. The van der Waals surface area contributed by atoms with Gasteiger partial charge in [0, 0.05) is 38.1 Å². The number of carbonyl (C=O) groups is 1. The molecule has 0 spiro atoms. The summed E-state index contributed by atoms with van der Waals surface area (Å²) in [6.45, 7) is 3.06. The number of benzene rings is 1. The number of nitrogens with one attached hydrogen (secondary N) is 2. The van der Waals surface area contributed by atoms with Crippen molar-refractivity contribution in [1.82, 2.24) is 15.1 Å². The van der Waals surface area contributed by atoms with Crippen LogP contribution in [0.25, 0.3) is 0 Å². The van der Waals surface area contributed by atoms with Crippen LogP contribution in [-0.4, -0.2) is 34.9 Å².